The van der Waals surface area contributed by atoms with E-state index in [9.17, 15) is 14.4 Å². The van der Waals surface area contributed by atoms with Crippen LogP contribution in [0.4, 0.5) is 11.4 Å². The maximum absolute atomic E-state index is 13.1. The number of nitrogens with two attached hydrogens (primary N) is 1. The van der Waals surface area contributed by atoms with E-state index in [4.69, 9.17) is 20.6 Å². The maximum atomic E-state index is 13.1. The largest absolute Gasteiger partial charge is 0.384 e. The molecule has 2 aliphatic heterocycles. The zero-order valence-electron chi connectivity index (χ0n) is 18.7. The average molecular weight is 466 g/mol. The van der Waals surface area contributed by atoms with Crippen molar-refractivity contribution in [3.63, 3.8) is 0 Å². The highest BCUT2D eigenvalue weighted by atomic mass is 16.5. The molecule has 34 heavy (non-hydrogen) atoms. The Balaban J connectivity index is 1.40. The van der Waals surface area contributed by atoms with Crippen molar-refractivity contribution in [2.24, 2.45) is 5.73 Å². The summed E-state index contributed by atoms with van der Waals surface area (Å²) in [6, 6.07) is 13.5. The molecule has 0 aliphatic carbocycles. The summed E-state index contributed by atoms with van der Waals surface area (Å²) >= 11 is 0. The van der Waals surface area contributed by atoms with Gasteiger partial charge in [-0.05, 0) is 42.5 Å². The Morgan fingerprint density at radius 2 is 1.76 bits per heavy atom. The number of hydrogen-bond acceptors (Lipinski definition) is 6. The number of amidine groups is 1. The number of amides is 3. The van der Waals surface area contributed by atoms with Gasteiger partial charge in [0.2, 0.25) is 5.91 Å². The van der Waals surface area contributed by atoms with Gasteiger partial charge in [0.05, 0.1) is 26.2 Å². The second-order valence-corrected chi connectivity index (χ2v) is 8.05. The first-order valence-corrected chi connectivity index (χ1v) is 11.1. The summed E-state index contributed by atoms with van der Waals surface area (Å²) < 4.78 is 10.9. The summed E-state index contributed by atoms with van der Waals surface area (Å²) in [7, 11) is 0. The van der Waals surface area contributed by atoms with Crippen LogP contribution in [0.5, 0.6) is 0 Å². The summed E-state index contributed by atoms with van der Waals surface area (Å²) in [6.45, 7) is 2.70. The topological polar surface area (TPSA) is 138 Å². The standard InChI is InChI=1S/C24H27N5O5/c25-22(26)16-4-6-18(7-5-16)27-21(30)15-20-24(32)29(10-13-34-20)19-3-1-2-17(14-19)23(31)28-8-11-33-12-9-28/h1-7,14,20H,8-13,15H2,(H3,25,26)(H,27,30)/t20-/m1/s1. The van der Waals surface area contributed by atoms with Crippen molar-refractivity contribution in [2.45, 2.75) is 12.5 Å². The Hall–Kier alpha value is -3.76. The summed E-state index contributed by atoms with van der Waals surface area (Å²) in [5.41, 5.74) is 7.62. The predicted octanol–water partition coefficient (Wildman–Crippen LogP) is 1.20. The Kier molecular flexibility index (Phi) is 7.19. The lowest BCUT2D eigenvalue weighted by atomic mass is 10.1. The molecule has 0 unspecified atom stereocenters. The summed E-state index contributed by atoms with van der Waals surface area (Å²) in [6.07, 6.45) is -1.07. The summed E-state index contributed by atoms with van der Waals surface area (Å²) in [4.78, 5) is 41.7. The highest BCUT2D eigenvalue weighted by Crippen LogP contribution is 2.23. The molecule has 178 valence electrons. The van der Waals surface area contributed by atoms with Gasteiger partial charge in [-0.1, -0.05) is 6.07 Å². The molecule has 4 N–H and O–H groups in total. The lowest BCUT2D eigenvalue weighted by Gasteiger charge is -2.32. The maximum Gasteiger partial charge on any atom is 0.256 e. The van der Waals surface area contributed by atoms with Crippen molar-refractivity contribution in [2.75, 3.05) is 49.7 Å². The van der Waals surface area contributed by atoms with Crippen molar-refractivity contribution in [1.82, 2.24) is 4.90 Å². The normalized spacial score (nSPS) is 18.5. The first-order chi connectivity index (χ1) is 16.4. The minimum Gasteiger partial charge on any atom is -0.384 e. The van der Waals surface area contributed by atoms with E-state index in [0.717, 1.165) is 0 Å². The smallest absolute Gasteiger partial charge is 0.256 e. The Bertz CT molecular complexity index is 1080. The van der Waals surface area contributed by atoms with E-state index in [-0.39, 0.29) is 36.6 Å². The highest BCUT2D eigenvalue weighted by Gasteiger charge is 2.32. The molecule has 2 aliphatic rings. The number of morpholine rings is 2. The number of hydrogen-bond donors (Lipinski definition) is 3. The van der Waals surface area contributed by atoms with Gasteiger partial charge in [-0.3, -0.25) is 19.8 Å². The van der Waals surface area contributed by atoms with E-state index in [2.05, 4.69) is 5.32 Å². The van der Waals surface area contributed by atoms with E-state index in [1.54, 1.807) is 58.3 Å². The number of carbonyl (C=O) groups excluding carboxylic acids is 3. The zero-order valence-corrected chi connectivity index (χ0v) is 18.7. The number of nitrogens with one attached hydrogen (secondary N) is 2. The predicted molar refractivity (Wildman–Crippen MR) is 126 cm³/mol. The fourth-order valence-corrected chi connectivity index (χ4v) is 3.91. The number of rotatable bonds is 6. The summed E-state index contributed by atoms with van der Waals surface area (Å²) in [5, 5.41) is 10.2. The molecule has 2 aromatic rings. The molecule has 2 heterocycles. The van der Waals surface area contributed by atoms with E-state index < -0.39 is 6.10 Å². The molecular formula is C24H27N5O5. The second kappa shape index (κ2) is 10.4. The van der Waals surface area contributed by atoms with Crippen LogP contribution in [0.1, 0.15) is 22.3 Å². The molecule has 0 saturated carbocycles. The molecule has 10 nitrogen and oxygen atoms in total. The van der Waals surface area contributed by atoms with E-state index in [1.807, 2.05) is 0 Å². The van der Waals surface area contributed by atoms with Crippen molar-refractivity contribution >= 4 is 34.9 Å². The molecule has 0 aromatic heterocycles. The van der Waals surface area contributed by atoms with Crippen LogP contribution < -0.4 is 16.0 Å². The average Bonchev–Trinajstić information content (AvgIpc) is 2.86. The first kappa shape index (κ1) is 23.4. The van der Waals surface area contributed by atoms with Crippen LogP contribution in [-0.2, 0) is 19.1 Å². The van der Waals surface area contributed by atoms with Gasteiger partial charge in [0.15, 0.2) is 0 Å². The van der Waals surface area contributed by atoms with Crippen LogP contribution in [0.25, 0.3) is 0 Å². The molecule has 0 bridgehead atoms. The third-order valence-electron chi connectivity index (χ3n) is 5.73. The van der Waals surface area contributed by atoms with E-state index in [1.165, 1.54) is 0 Å². The van der Waals surface area contributed by atoms with Gasteiger partial charge in [-0.15, -0.1) is 0 Å². The lowest BCUT2D eigenvalue weighted by Crippen LogP contribution is -2.49. The van der Waals surface area contributed by atoms with Gasteiger partial charge in [0.25, 0.3) is 11.8 Å². The second-order valence-electron chi connectivity index (χ2n) is 8.05. The van der Waals surface area contributed by atoms with Crippen molar-refractivity contribution in [1.29, 1.82) is 5.41 Å². The molecular weight excluding hydrogens is 438 g/mol. The quantitative estimate of drug-likeness (QED) is 0.433. The van der Waals surface area contributed by atoms with Crippen LogP contribution in [0.3, 0.4) is 0 Å². The van der Waals surface area contributed by atoms with Gasteiger partial charge >= 0.3 is 0 Å². The van der Waals surface area contributed by atoms with Gasteiger partial charge in [0, 0.05) is 42.1 Å². The van der Waals surface area contributed by atoms with Crippen molar-refractivity contribution in [3.8, 4) is 0 Å². The van der Waals surface area contributed by atoms with Crippen molar-refractivity contribution in [3.05, 3.63) is 59.7 Å². The fraction of sp³-hybridized carbons (Fsp3) is 0.333. The van der Waals surface area contributed by atoms with Crippen LogP contribution in [0, 0.1) is 5.41 Å². The molecule has 0 radical (unpaired) electrons. The number of ether oxygens (including phenoxy) is 2. The molecule has 2 saturated heterocycles. The van der Waals surface area contributed by atoms with Crippen molar-refractivity contribution < 1.29 is 23.9 Å². The number of anilines is 2. The van der Waals surface area contributed by atoms with Crippen LogP contribution in [-0.4, -0.2) is 74.0 Å². The summed E-state index contributed by atoms with van der Waals surface area (Å²) in [5.74, 6) is -0.858. The molecule has 4 rings (SSSR count). The number of nitrogen functional groups attached to an aromatic ring is 1. The molecule has 3 amide bonds. The van der Waals surface area contributed by atoms with E-state index in [0.29, 0.717) is 55.3 Å². The lowest BCUT2D eigenvalue weighted by molar-refractivity contribution is -0.137. The van der Waals surface area contributed by atoms with Crippen LogP contribution >= 0.6 is 0 Å². The monoisotopic (exact) mass is 465 g/mol. The number of benzene rings is 2. The van der Waals surface area contributed by atoms with Crippen LogP contribution in [0.15, 0.2) is 48.5 Å². The highest BCUT2D eigenvalue weighted by molar-refractivity contribution is 6.03. The van der Waals surface area contributed by atoms with Gasteiger partial charge in [-0.25, -0.2) is 0 Å². The fourth-order valence-electron chi connectivity index (χ4n) is 3.91. The minimum atomic E-state index is -0.927. The minimum absolute atomic E-state index is 0.0603. The van der Waals surface area contributed by atoms with E-state index >= 15 is 0 Å². The molecule has 1 atom stereocenters. The van der Waals surface area contributed by atoms with Gasteiger partial charge in [0.1, 0.15) is 11.9 Å². The number of nitrogens with zero attached hydrogens (tertiary/aromatic N) is 2. The third-order valence-corrected chi connectivity index (χ3v) is 5.73. The zero-order chi connectivity index (χ0) is 24.1. The Morgan fingerprint density at radius 1 is 1.03 bits per heavy atom. The number of carbonyl (C=O) groups is 3. The van der Waals surface area contributed by atoms with Gasteiger partial charge in [-0.2, -0.15) is 0 Å². The SMILES string of the molecule is N=C(N)c1ccc(NC(=O)C[C@H]2OCCN(c3cccc(C(=O)N4CCOCC4)c3)C2=O)cc1. The Labute approximate surface area is 197 Å². The third kappa shape index (κ3) is 5.41. The molecule has 0 spiro atoms. The molecule has 10 heteroatoms. The van der Waals surface area contributed by atoms with Gasteiger partial charge < -0.3 is 30.3 Å². The van der Waals surface area contributed by atoms with Crippen LogP contribution in [0.2, 0.25) is 0 Å². The molecule has 2 fully saturated rings. The Morgan fingerprint density at radius 3 is 2.47 bits per heavy atom. The first-order valence-electron chi connectivity index (χ1n) is 11.1. The molecule has 2 aromatic carbocycles.